The number of methoxy groups -OCH3 is 1. The van der Waals surface area contributed by atoms with Crippen LogP contribution in [-0.2, 0) is 9.53 Å². The van der Waals surface area contributed by atoms with Crippen molar-refractivity contribution >= 4 is 17.5 Å². The minimum absolute atomic E-state index is 0.195. The zero-order chi connectivity index (χ0) is 15.7. The number of allylic oxidation sites excluding steroid dienone is 5. The summed E-state index contributed by atoms with van der Waals surface area (Å²) >= 11 is 6.07. The first-order valence-corrected chi connectivity index (χ1v) is 7.38. The second kappa shape index (κ2) is 9.42. The second-order valence-electron chi connectivity index (χ2n) is 4.83. The van der Waals surface area contributed by atoms with Gasteiger partial charge in [0.2, 0.25) is 5.91 Å². The van der Waals surface area contributed by atoms with E-state index in [4.69, 9.17) is 21.4 Å². The molecule has 116 valence electrons. The third-order valence-electron chi connectivity index (χ3n) is 2.91. The first-order valence-electron chi connectivity index (χ1n) is 7.00. The number of halogens is 1. The van der Waals surface area contributed by atoms with Crippen molar-refractivity contribution in [1.29, 1.82) is 0 Å². The molecule has 1 atom stereocenters. The Kier molecular flexibility index (Phi) is 7.87. The first-order chi connectivity index (χ1) is 10.0. The van der Waals surface area contributed by atoms with Crippen LogP contribution in [-0.4, -0.2) is 24.2 Å². The molecule has 1 rings (SSSR count). The summed E-state index contributed by atoms with van der Waals surface area (Å²) in [7, 11) is 1.56. The van der Waals surface area contributed by atoms with E-state index in [9.17, 15) is 4.79 Å². The molecular formula is C16H22ClNO3. The standard InChI is InChI=1S/C16H22ClNO3/c1-12(19)7-4-3-5-10-16(20)18-13-8-6-9-15(21-2)14(17)11-13/h5,8-12,19H,3-4,6-7H2,1-2H3,(H,18,20)/b10-5+. The lowest BCUT2D eigenvalue weighted by molar-refractivity contribution is -0.115. The van der Waals surface area contributed by atoms with Crippen LogP contribution < -0.4 is 5.32 Å². The van der Waals surface area contributed by atoms with Crippen LogP contribution in [0.2, 0.25) is 0 Å². The van der Waals surface area contributed by atoms with Gasteiger partial charge in [-0.3, -0.25) is 4.79 Å². The molecule has 0 aliphatic heterocycles. The lowest BCUT2D eigenvalue weighted by Gasteiger charge is -2.04. The SMILES string of the molecule is COC1=CCC=C(NC(=O)/C=C/CCCC(C)O)C=C1Cl. The Bertz CT molecular complexity index is 476. The van der Waals surface area contributed by atoms with Crippen LogP contribution >= 0.6 is 11.6 Å². The number of amides is 1. The van der Waals surface area contributed by atoms with Crippen LogP contribution in [0.4, 0.5) is 0 Å². The van der Waals surface area contributed by atoms with Crippen LogP contribution in [0.15, 0.2) is 46.9 Å². The molecule has 0 saturated heterocycles. The van der Waals surface area contributed by atoms with Gasteiger partial charge >= 0.3 is 0 Å². The predicted molar refractivity (Wildman–Crippen MR) is 84.5 cm³/mol. The first kappa shape index (κ1) is 17.5. The lowest BCUT2D eigenvalue weighted by atomic mass is 10.1. The number of unbranched alkanes of at least 4 members (excludes halogenated alkanes) is 1. The second-order valence-corrected chi connectivity index (χ2v) is 5.24. The highest BCUT2D eigenvalue weighted by Gasteiger charge is 2.08. The molecule has 4 nitrogen and oxygen atoms in total. The van der Waals surface area contributed by atoms with Gasteiger partial charge in [0.25, 0.3) is 0 Å². The molecule has 0 aromatic carbocycles. The molecule has 0 fully saturated rings. The maximum Gasteiger partial charge on any atom is 0.248 e. The number of ether oxygens (including phenoxy) is 1. The third-order valence-corrected chi connectivity index (χ3v) is 3.20. The number of carbonyl (C=O) groups is 1. The molecule has 0 heterocycles. The molecule has 1 unspecified atom stereocenters. The number of aliphatic hydroxyl groups is 1. The van der Waals surface area contributed by atoms with E-state index in [0.29, 0.717) is 22.9 Å². The number of aliphatic hydroxyl groups excluding tert-OH is 1. The summed E-state index contributed by atoms with van der Waals surface area (Å²) in [5.41, 5.74) is 0.655. The summed E-state index contributed by atoms with van der Waals surface area (Å²) in [5.74, 6) is 0.408. The Morgan fingerprint density at radius 1 is 1.57 bits per heavy atom. The third kappa shape index (κ3) is 7.16. The maximum absolute atomic E-state index is 11.8. The zero-order valence-corrected chi connectivity index (χ0v) is 13.2. The van der Waals surface area contributed by atoms with Crippen molar-refractivity contribution < 1.29 is 14.6 Å². The molecule has 0 saturated carbocycles. The molecule has 0 bridgehead atoms. The average molecular weight is 312 g/mol. The Morgan fingerprint density at radius 2 is 2.33 bits per heavy atom. The summed E-state index contributed by atoms with van der Waals surface area (Å²) in [5, 5.41) is 12.4. The van der Waals surface area contributed by atoms with Gasteiger partial charge in [-0.05, 0) is 50.8 Å². The number of nitrogens with one attached hydrogen (secondary N) is 1. The molecule has 1 aliphatic carbocycles. The lowest BCUT2D eigenvalue weighted by Crippen LogP contribution is -2.19. The van der Waals surface area contributed by atoms with Crippen molar-refractivity contribution in [3.8, 4) is 0 Å². The Hall–Kier alpha value is -1.52. The minimum Gasteiger partial charge on any atom is -0.496 e. The van der Waals surface area contributed by atoms with Crippen LogP contribution in [0.25, 0.3) is 0 Å². The van der Waals surface area contributed by atoms with E-state index in [-0.39, 0.29) is 12.0 Å². The van der Waals surface area contributed by atoms with E-state index in [1.54, 1.807) is 26.2 Å². The van der Waals surface area contributed by atoms with Crippen molar-refractivity contribution in [1.82, 2.24) is 5.32 Å². The van der Waals surface area contributed by atoms with E-state index >= 15 is 0 Å². The topological polar surface area (TPSA) is 58.6 Å². The summed E-state index contributed by atoms with van der Waals surface area (Å²) in [4.78, 5) is 11.8. The molecule has 0 aromatic rings. The zero-order valence-electron chi connectivity index (χ0n) is 12.4. The number of hydrogen-bond donors (Lipinski definition) is 2. The van der Waals surface area contributed by atoms with Gasteiger partial charge in [-0.25, -0.2) is 0 Å². The van der Waals surface area contributed by atoms with Gasteiger partial charge in [-0.1, -0.05) is 23.8 Å². The fraction of sp³-hybridized carbons (Fsp3) is 0.438. The Morgan fingerprint density at radius 3 is 3.00 bits per heavy atom. The average Bonchev–Trinajstić information content (AvgIpc) is 2.59. The number of carbonyl (C=O) groups excluding carboxylic acids is 1. The largest absolute Gasteiger partial charge is 0.496 e. The van der Waals surface area contributed by atoms with E-state index < -0.39 is 0 Å². The molecule has 21 heavy (non-hydrogen) atoms. The number of hydrogen-bond acceptors (Lipinski definition) is 3. The fourth-order valence-electron chi connectivity index (χ4n) is 1.83. The maximum atomic E-state index is 11.8. The summed E-state index contributed by atoms with van der Waals surface area (Å²) in [6.45, 7) is 1.76. The van der Waals surface area contributed by atoms with E-state index in [1.165, 1.54) is 6.08 Å². The molecule has 1 aliphatic rings. The number of rotatable bonds is 7. The summed E-state index contributed by atoms with van der Waals surface area (Å²) in [6, 6.07) is 0. The van der Waals surface area contributed by atoms with E-state index in [2.05, 4.69) is 5.32 Å². The monoisotopic (exact) mass is 311 g/mol. The van der Waals surface area contributed by atoms with Crippen molar-refractivity contribution in [2.75, 3.05) is 7.11 Å². The van der Waals surface area contributed by atoms with Gasteiger partial charge < -0.3 is 15.2 Å². The highest BCUT2D eigenvalue weighted by atomic mass is 35.5. The normalized spacial score (nSPS) is 16.7. The van der Waals surface area contributed by atoms with Crippen LogP contribution in [0.5, 0.6) is 0 Å². The van der Waals surface area contributed by atoms with Gasteiger partial charge in [0.15, 0.2) is 0 Å². The van der Waals surface area contributed by atoms with Gasteiger partial charge in [-0.2, -0.15) is 0 Å². The summed E-state index contributed by atoms with van der Waals surface area (Å²) in [6.07, 6.45) is 11.4. The van der Waals surface area contributed by atoms with Gasteiger partial charge in [0.1, 0.15) is 5.76 Å². The van der Waals surface area contributed by atoms with Gasteiger partial charge in [0, 0.05) is 5.70 Å². The molecule has 0 aromatic heterocycles. The molecule has 2 N–H and O–H groups in total. The quantitative estimate of drug-likeness (QED) is 0.561. The summed E-state index contributed by atoms with van der Waals surface area (Å²) < 4.78 is 5.13. The van der Waals surface area contributed by atoms with Crippen molar-refractivity contribution in [2.45, 2.75) is 38.7 Å². The molecule has 0 radical (unpaired) electrons. The van der Waals surface area contributed by atoms with Gasteiger partial charge in [0.05, 0.1) is 18.2 Å². The fourth-order valence-corrected chi connectivity index (χ4v) is 2.10. The van der Waals surface area contributed by atoms with Crippen LogP contribution in [0.3, 0.4) is 0 Å². The van der Waals surface area contributed by atoms with Crippen molar-refractivity contribution in [3.05, 3.63) is 46.9 Å². The van der Waals surface area contributed by atoms with E-state index in [0.717, 1.165) is 19.3 Å². The molecular weight excluding hydrogens is 290 g/mol. The van der Waals surface area contributed by atoms with Crippen molar-refractivity contribution in [3.63, 3.8) is 0 Å². The van der Waals surface area contributed by atoms with Gasteiger partial charge in [-0.15, -0.1) is 0 Å². The minimum atomic E-state index is -0.293. The van der Waals surface area contributed by atoms with Crippen LogP contribution in [0.1, 0.15) is 32.6 Å². The highest BCUT2D eigenvalue weighted by molar-refractivity contribution is 6.32. The predicted octanol–water partition coefficient (Wildman–Crippen LogP) is 3.15. The smallest absolute Gasteiger partial charge is 0.248 e. The van der Waals surface area contributed by atoms with E-state index in [1.807, 2.05) is 12.2 Å². The van der Waals surface area contributed by atoms with Crippen LogP contribution in [0, 0.1) is 0 Å². The Labute approximate surface area is 130 Å². The Balaban J connectivity index is 2.43. The molecule has 1 amide bonds. The molecule has 5 heteroatoms. The van der Waals surface area contributed by atoms with Crippen molar-refractivity contribution in [2.24, 2.45) is 0 Å². The highest BCUT2D eigenvalue weighted by Crippen LogP contribution is 2.21. The molecule has 0 spiro atoms.